The van der Waals surface area contributed by atoms with Crippen LogP contribution in [0.2, 0.25) is 0 Å². The van der Waals surface area contributed by atoms with Crippen molar-refractivity contribution in [2.75, 3.05) is 20.2 Å². The Kier molecular flexibility index (Phi) is 5.86. The Hall–Kier alpha value is -3.19. The largest absolute Gasteiger partial charge is 0.494 e. The average Bonchev–Trinajstić information content (AvgIpc) is 3.27. The SMILES string of the molecule is COc1ccccc1-n1cc(CNC2CCN(C(=O)c3ccncc3)CC2)cn1. The van der Waals surface area contributed by atoms with Gasteiger partial charge in [0.15, 0.2) is 0 Å². The number of carbonyl (C=O) groups excluding carboxylic acids is 1. The molecule has 150 valence electrons. The molecule has 0 saturated carbocycles. The second kappa shape index (κ2) is 8.87. The van der Waals surface area contributed by atoms with Gasteiger partial charge >= 0.3 is 0 Å². The Morgan fingerprint density at radius 3 is 2.69 bits per heavy atom. The first-order valence-electron chi connectivity index (χ1n) is 9.84. The maximum atomic E-state index is 12.5. The molecule has 3 aromatic rings. The maximum absolute atomic E-state index is 12.5. The highest BCUT2D eigenvalue weighted by atomic mass is 16.5. The van der Waals surface area contributed by atoms with Gasteiger partial charge in [-0.25, -0.2) is 4.68 Å². The number of aromatic nitrogens is 3. The molecule has 7 heteroatoms. The van der Waals surface area contributed by atoms with Crippen molar-refractivity contribution in [1.82, 2.24) is 25.0 Å². The first-order valence-corrected chi connectivity index (χ1v) is 9.84. The number of para-hydroxylation sites is 2. The van der Waals surface area contributed by atoms with Crippen molar-refractivity contribution in [3.05, 3.63) is 72.3 Å². The number of pyridine rings is 1. The number of methoxy groups -OCH3 is 1. The van der Waals surface area contributed by atoms with Crippen molar-refractivity contribution in [3.63, 3.8) is 0 Å². The molecule has 1 saturated heterocycles. The Labute approximate surface area is 170 Å². The van der Waals surface area contributed by atoms with Crippen LogP contribution in [0.3, 0.4) is 0 Å². The zero-order chi connectivity index (χ0) is 20.1. The normalized spacial score (nSPS) is 14.7. The molecule has 0 unspecified atom stereocenters. The number of hydrogen-bond donors (Lipinski definition) is 1. The summed E-state index contributed by atoms with van der Waals surface area (Å²) in [5.74, 6) is 0.880. The summed E-state index contributed by atoms with van der Waals surface area (Å²) < 4.78 is 7.25. The predicted octanol–water partition coefficient (Wildman–Crippen LogP) is 2.67. The van der Waals surface area contributed by atoms with Crippen molar-refractivity contribution >= 4 is 5.91 Å². The molecule has 2 aromatic heterocycles. The Morgan fingerprint density at radius 1 is 1.17 bits per heavy atom. The van der Waals surface area contributed by atoms with Crippen molar-refractivity contribution in [2.24, 2.45) is 0 Å². The summed E-state index contributed by atoms with van der Waals surface area (Å²) in [4.78, 5) is 18.4. The van der Waals surface area contributed by atoms with Crippen LogP contribution in [0.5, 0.6) is 5.75 Å². The van der Waals surface area contributed by atoms with E-state index in [1.54, 1.807) is 31.6 Å². The first-order chi connectivity index (χ1) is 14.2. The number of rotatable bonds is 6. The van der Waals surface area contributed by atoms with Gasteiger partial charge in [0.2, 0.25) is 0 Å². The van der Waals surface area contributed by atoms with Gasteiger partial charge in [-0.05, 0) is 37.1 Å². The minimum absolute atomic E-state index is 0.0870. The number of likely N-dealkylation sites (tertiary alicyclic amines) is 1. The lowest BCUT2D eigenvalue weighted by molar-refractivity contribution is 0.0704. The lowest BCUT2D eigenvalue weighted by Crippen LogP contribution is -2.44. The van der Waals surface area contributed by atoms with Crippen LogP contribution in [-0.2, 0) is 6.54 Å². The van der Waals surface area contributed by atoms with Gasteiger partial charge < -0.3 is 15.0 Å². The van der Waals surface area contributed by atoms with Gasteiger partial charge in [-0.15, -0.1) is 0 Å². The second-order valence-corrected chi connectivity index (χ2v) is 7.15. The summed E-state index contributed by atoms with van der Waals surface area (Å²) in [6, 6.07) is 11.8. The van der Waals surface area contributed by atoms with E-state index in [0.717, 1.165) is 49.5 Å². The summed E-state index contributed by atoms with van der Waals surface area (Å²) in [5.41, 5.74) is 2.74. The van der Waals surface area contributed by atoms with Crippen LogP contribution < -0.4 is 10.1 Å². The third-order valence-electron chi connectivity index (χ3n) is 5.27. The molecular weight excluding hydrogens is 366 g/mol. The van der Waals surface area contributed by atoms with Gasteiger partial charge in [0.25, 0.3) is 5.91 Å². The monoisotopic (exact) mass is 391 g/mol. The highest BCUT2D eigenvalue weighted by molar-refractivity contribution is 5.94. The van der Waals surface area contributed by atoms with Crippen LogP contribution in [0.1, 0.15) is 28.8 Å². The minimum Gasteiger partial charge on any atom is -0.494 e. The molecule has 0 atom stereocenters. The first kappa shape index (κ1) is 19.1. The lowest BCUT2D eigenvalue weighted by Gasteiger charge is -2.32. The van der Waals surface area contributed by atoms with Crippen LogP contribution in [0.4, 0.5) is 0 Å². The summed E-state index contributed by atoms with van der Waals surface area (Å²) in [6.07, 6.45) is 9.10. The molecule has 1 aliphatic rings. The Balaban J connectivity index is 1.29. The van der Waals surface area contributed by atoms with E-state index in [4.69, 9.17) is 4.74 Å². The van der Waals surface area contributed by atoms with Gasteiger partial charge in [0, 0.05) is 55.4 Å². The number of hydrogen-bond acceptors (Lipinski definition) is 5. The van der Waals surface area contributed by atoms with Crippen molar-refractivity contribution in [2.45, 2.75) is 25.4 Å². The van der Waals surface area contributed by atoms with Crippen molar-refractivity contribution in [3.8, 4) is 11.4 Å². The fourth-order valence-electron chi connectivity index (χ4n) is 3.63. The number of carbonyl (C=O) groups is 1. The third-order valence-corrected chi connectivity index (χ3v) is 5.27. The van der Waals surface area contributed by atoms with Crippen LogP contribution in [0, 0.1) is 0 Å². The average molecular weight is 391 g/mol. The molecule has 0 aliphatic carbocycles. The lowest BCUT2D eigenvalue weighted by atomic mass is 10.0. The molecular formula is C22H25N5O2. The predicted molar refractivity (Wildman–Crippen MR) is 110 cm³/mol. The van der Waals surface area contributed by atoms with Gasteiger partial charge in [-0.1, -0.05) is 12.1 Å². The number of ether oxygens (including phenoxy) is 1. The second-order valence-electron chi connectivity index (χ2n) is 7.15. The zero-order valence-corrected chi connectivity index (χ0v) is 16.5. The van der Waals surface area contributed by atoms with E-state index in [-0.39, 0.29) is 5.91 Å². The molecule has 3 heterocycles. The molecule has 29 heavy (non-hydrogen) atoms. The number of amides is 1. The van der Waals surface area contributed by atoms with Crippen molar-refractivity contribution < 1.29 is 9.53 Å². The number of nitrogens with zero attached hydrogens (tertiary/aromatic N) is 4. The smallest absolute Gasteiger partial charge is 0.253 e. The summed E-state index contributed by atoms with van der Waals surface area (Å²) >= 11 is 0. The van der Waals surface area contributed by atoms with E-state index >= 15 is 0 Å². The molecule has 1 aromatic carbocycles. The Bertz CT molecular complexity index is 949. The van der Waals surface area contributed by atoms with Gasteiger partial charge in [0.1, 0.15) is 11.4 Å². The third kappa shape index (κ3) is 4.46. The molecule has 0 radical (unpaired) electrons. The van der Waals surface area contributed by atoms with Gasteiger partial charge in [0.05, 0.1) is 13.3 Å². The van der Waals surface area contributed by atoms with Crippen LogP contribution >= 0.6 is 0 Å². The van der Waals surface area contributed by atoms with E-state index in [1.807, 2.05) is 46.2 Å². The fraction of sp³-hybridized carbons (Fsp3) is 0.318. The quantitative estimate of drug-likeness (QED) is 0.699. The molecule has 1 amide bonds. The molecule has 4 rings (SSSR count). The van der Waals surface area contributed by atoms with Crippen LogP contribution in [0.25, 0.3) is 5.69 Å². The fourth-order valence-corrected chi connectivity index (χ4v) is 3.63. The van der Waals surface area contributed by atoms with Gasteiger partial charge in [-0.3, -0.25) is 9.78 Å². The zero-order valence-electron chi connectivity index (χ0n) is 16.5. The molecule has 1 aliphatic heterocycles. The molecule has 1 fully saturated rings. The molecule has 0 spiro atoms. The van der Waals surface area contributed by atoms with Crippen molar-refractivity contribution in [1.29, 1.82) is 0 Å². The topological polar surface area (TPSA) is 72.3 Å². The van der Waals surface area contributed by atoms with E-state index in [2.05, 4.69) is 15.4 Å². The number of nitrogens with one attached hydrogen (secondary N) is 1. The highest BCUT2D eigenvalue weighted by Crippen LogP contribution is 2.21. The summed E-state index contributed by atoms with van der Waals surface area (Å²) in [7, 11) is 1.66. The van der Waals surface area contributed by atoms with E-state index in [0.29, 0.717) is 11.6 Å². The minimum atomic E-state index is 0.0870. The maximum Gasteiger partial charge on any atom is 0.253 e. The van der Waals surface area contributed by atoms with E-state index < -0.39 is 0 Å². The number of benzene rings is 1. The van der Waals surface area contributed by atoms with Crippen LogP contribution in [0.15, 0.2) is 61.2 Å². The van der Waals surface area contributed by atoms with Gasteiger partial charge in [-0.2, -0.15) is 5.10 Å². The standard InChI is InChI=1S/C22H25N5O2/c1-29-21-5-3-2-4-20(21)27-16-17(15-25-27)14-24-19-8-12-26(13-9-19)22(28)18-6-10-23-11-7-18/h2-7,10-11,15-16,19,24H,8-9,12-14H2,1H3. The molecule has 7 nitrogen and oxygen atoms in total. The molecule has 1 N–H and O–H groups in total. The van der Waals surface area contributed by atoms with Crippen LogP contribution in [-0.4, -0.2) is 51.8 Å². The summed E-state index contributed by atoms with van der Waals surface area (Å²) in [5, 5.41) is 8.06. The highest BCUT2D eigenvalue weighted by Gasteiger charge is 2.23. The number of piperidine rings is 1. The Morgan fingerprint density at radius 2 is 1.93 bits per heavy atom. The molecule has 0 bridgehead atoms. The summed E-state index contributed by atoms with van der Waals surface area (Å²) in [6.45, 7) is 2.27. The van der Waals surface area contributed by atoms with E-state index in [1.165, 1.54) is 0 Å². The van der Waals surface area contributed by atoms with E-state index in [9.17, 15) is 4.79 Å².